The van der Waals surface area contributed by atoms with E-state index in [-0.39, 0.29) is 5.82 Å². The normalized spacial score (nSPS) is 21.0. The lowest BCUT2D eigenvalue weighted by Crippen LogP contribution is -2.20. The van der Waals surface area contributed by atoms with Gasteiger partial charge in [0.1, 0.15) is 5.82 Å². The van der Waals surface area contributed by atoms with E-state index in [4.69, 9.17) is 0 Å². The summed E-state index contributed by atoms with van der Waals surface area (Å²) in [6.45, 7) is 5.57. The summed E-state index contributed by atoms with van der Waals surface area (Å²) in [6.07, 6.45) is 3.93. The maximum atomic E-state index is 13.1. The van der Waals surface area contributed by atoms with Crippen LogP contribution in [0.2, 0.25) is 0 Å². The lowest BCUT2D eigenvalue weighted by atomic mass is 10.0. The van der Waals surface area contributed by atoms with Gasteiger partial charge in [0.2, 0.25) is 0 Å². The molecular formula is C14H19BrFN. The van der Waals surface area contributed by atoms with Crippen molar-refractivity contribution in [1.82, 2.24) is 4.90 Å². The fourth-order valence-electron chi connectivity index (χ4n) is 2.60. The first kappa shape index (κ1) is 13.0. The third kappa shape index (κ3) is 3.52. The molecule has 1 aromatic carbocycles. The van der Waals surface area contributed by atoms with Crippen LogP contribution in [0.15, 0.2) is 22.7 Å². The monoisotopic (exact) mass is 299 g/mol. The number of halogens is 2. The SMILES string of the molecule is CCCC1CCN(Cc2ccc(F)c(Br)c2)C1. The highest BCUT2D eigenvalue weighted by molar-refractivity contribution is 9.10. The number of likely N-dealkylation sites (tertiary alicyclic amines) is 1. The summed E-state index contributed by atoms with van der Waals surface area (Å²) in [5.41, 5.74) is 1.19. The molecule has 2 rings (SSSR count). The Hall–Kier alpha value is -0.410. The highest BCUT2D eigenvalue weighted by Crippen LogP contribution is 2.24. The number of hydrogen-bond acceptors (Lipinski definition) is 1. The minimum absolute atomic E-state index is 0.181. The molecule has 0 saturated carbocycles. The fraction of sp³-hybridized carbons (Fsp3) is 0.571. The van der Waals surface area contributed by atoms with Crippen LogP contribution in [-0.2, 0) is 6.54 Å². The average molecular weight is 300 g/mol. The first-order valence-electron chi connectivity index (χ1n) is 6.35. The Morgan fingerprint density at radius 2 is 2.29 bits per heavy atom. The van der Waals surface area contributed by atoms with Crippen LogP contribution in [0.25, 0.3) is 0 Å². The van der Waals surface area contributed by atoms with Gasteiger partial charge in [-0.3, -0.25) is 4.90 Å². The second kappa shape index (κ2) is 5.96. The number of nitrogens with zero attached hydrogens (tertiary/aromatic N) is 1. The quantitative estimate of drug-likeness (QED) is 0.805. The predicted molar refractivity (Wildman–Crippen MR) is 72.4 cm³/mol. The van der Waals surface area contributed by atoms with Gasteiger partial charge in [-0.15, -0.1) is 0 Å². The van der Waals surface area contributed by atoms with E-state index >= 15 is 0 Å². The molecule has 0 spiro atoms. The summed E-state index contributed by atoms with van der Waals surface area (Å²) in [5.74, 6) is 0.683. The highest BCUT2D eigenvalue weighted by atomic mass is 79.9. The molecule has 17 heavy (non-hydrogen) atoms. The molecule has 0 N–H and O–H groups in total. The molecule has 1 aliphatic rings. The molecule has 1 heterocycles. The third-order valence-electron chi connectivity index (χ3n) is 3.46. The minimum Gasteiger partial charge on any atom is -0.299 e. The average Bonchev–Trinajstić information content (AvgIpc) is 2.72. The summed E-state index contributed by atoms with van der Waals surface area (Å²) in [4.78, 5) is 2.47. The number of benzene rings is 1. The van der Waals surface area contributed by atoms with E-state index < -0.39 is 0 Å². The van der Waals surface area contributed by atoms with Crippen molar-refractivity contribution in [2.24, 2.45) is 5.92 Å². The van der Waals surface area contributed by atoms with E-state index in [9.17, 15) is 4.39 Å². The van der Waals surface area contributed by atoms with Crippen LogP contribution in [0.1, 0.15) is 31.7 Å². The van der Waals surface area contributed by atoms with E-state index in [2.05, 4.69) is 27.8 Å². The van der Waals surface area contributed by atoms with Crippen molar-refractivity contribution in [3.63, 3.8) is 0 Å². The van der Waals surface area contributed by atoms with Crippen LogP contribution < -0.4 is 0 Å². The van der Waals surface area contributed by atoms with Gasteiger partial charge in [0.25, 0.3) is 0 Å². The molecule has 1 fully saturated rings. The van der Waals surface area contributed by atoms with Crippen molar-refractivity contribution in [2.75, 3.05) is 13.1 Å². The van der Waals surface area contributed by atoms with Crippen molar-refractivity contribution in [2.45, 2.75) is 32.7 Å². The smallest absolute Gasteiger partial charge is 0.137 e. The second-order valence-electron chi connectivity index (χ2n) is 4.93. The summed E-state index contributed by atoms with van der Waals surface area (Å²) in [7, 11) is 0. The van der Waals surface area contributed by atoms with Gasteiger partial charge in [0, 0.05) is 13.1 Å². The van der Waals surface area contributed by atoms with Crippen molar-refractivity contribution in [1.29, 1.82) is 0 Å². The maximum absolute atomic E-state index is 13.1. The molecule has 1 aromatic rings. The van der Waals surface area contributed by atoms with Crippen molar-refractivity contribution in [3.05, 3.63) is 34.1 Å². The zero-order valence-corrected chi connectivity index (χ0v) is 11.8. The van der Waals surface area contributed by atoms with Crippen LogP contribution in [0.4, 0.5) is 4.39 Å². The molecule has 0 bridgehead atoms. The van der Waals surface area contributed by atoms with Gasteiger partial charge in [0.15, 0.2) is 0 Å². The van der Waals surface area contributed by atoms with Crippen molar-refractivity contribution >= 4 is 15.9 Å². The molecule has 0 aliphatic carbocycles. The lowest BCUT2D eigenvalue weighted by Gasteiger charge is -2.16. The first-order chi connectivity index (χ1) is 8.19. The Labute approximate surface area is 111 Å². The topological polar surface area (TPSA) is 3.24 Å². The molecule has 0 radical (unpaired) electrons. The fourth-order valence-corrected chi connectivity index (χ4v) is 3.02. The molecule has 0 amide bonds. The van der Waals surface area contributed by atoms with E-state index in [1.807, 2.05) is 12.1 Å². The van der Waals surface area contributed by atoms with Gasteiger partial charge in [0.05, 0.1) is 4.47 Å². The van der Waals surface area contributed by atoms with Crippen LogP contribution in [-0.4, -0.2) is 18.0 Å². The van der Waals surface area contributed by atoms with Crippen LogP contribution in [0.5, 0.6) is 0 Å². The van der Waals surface area contributed by atoms with Crippen molar-refractivity contribution < 1.29 is 4.39 Å². The molecule has 1 unspecified atom stereocenters. The summed E-state index contributed by atoms with van der Waals surface area (Å²) < 4.78 is 13.7. The maximum Gasteiger partial charge on any atom is 0.137 e. The Kier molecular flexibility index (Phi) is 4.57. The first-order valence-corrected chi connectivity index (χ1v) is 7.14. The van der Waals surface area contributed by atoms with Crippen molar-refractivity contribution in [3.8, 4) is 0 Å². The number of hydrogen-bond donors (Lipinski definition) is 0. The summed E-state index contributed by atoms with van der Waals surface area (Å²) in [5, 5.41) is 0. The molecule has 1 saturated heterocycles. The predicted octanol–water partition coefficient (Wildman–Crippen LogP) is 4.21. The van der Waals surface area contributed by atoms with Gasteiger partial charge in [-0.05, 0) is 58.9 Å². The largest absolute Gasteiger partial charge is 0.299 e. The second-order valence-corrected chi connectivity index (χ2v) is 5.78. The molecule has 94 valence electrons. The molecular weight excluding hydrogens is 281 g/mol. The molecule has 3 heteroatoms. The van der Waals surface area contributed by atoms with Crippen LogP contribution in [0.3, 0.4) is 0 Å². The minimum atomic E-state index is -0.181. The Balaban J connectivity index is 1.91. The standard InChI is InChI=1S/C14H19BrFN/c1-2-3-11-6-7-17(9-11)10-12-4-5-14(16)13(15)8-12/h4-5,8,11H,2-3,6-7,9-10H2,1H3. The highest BCUT2D eigenvalue weighted by Gasteiger charge is 2.21. The lowest BCUT2D eigenvalue weighted by molar-refractivity contribution is 0.312. The van der Waals surface area contributed by atoms with Crippen LogP contribution in [0, 0.1) is 11.7 Å². The molecule has 1 atom stereocenters. The van der Waals surface area contributed by atoms with Gasteiger partial charge in [-0.2, -0.15) is 0 Å². The molecule has 1 aliphatic heterocycles. The van der Waals surface area contributed by atoms with Gasteiger partial charge >= 0.3 is 0 Å². The van der Waals surface area contributed by atoms with Crippen LogP contribution >= 0.6 is 15.9 Å². The van der Waals surface area contributed by atoms with Gasteiger partial charge < -0.3 is 0 Å². The van der Waals surface area contributed by atoms with E-state index in [0.717, 1.165) is 12.5 Å². The number of rotatable bonds is 4. The van der Waals surface area contributed by atoms with E-state index in [1.54, 1.807) is 6.07 Å². The van der Waals surface area contributed by atoms with E-state index in [1.165, 1.54) is 37.9 Å². The van der Waals surface area contributed by atoms with Gasteiger partial charge in [-0.25, -0.2) is 4.39 Å². The zero-order chi connectivity index (χ0) is 12.3. The van der Waals surface area contributed by atoms with E-state index in [0.29, 0.717) is 4.47 Å². The van der Waals surface area contributed by atoms with Gasteiger partial charge in [-0.1, -0.05) is 19.4 Å². The summed E-state index contributed by atoms with van der Waals surface area (Å²) >= 11 is 3.24. The zero-order valence-electron chi connectivity index (χ0n) is 10.3. The molecule has 0 aromatic heterocycles. The Morgan fingerprint density at radius 3 is 3.00 bits per heavy atom. The molecule has 1 nitrogen and oxygen atoms in total. The summed E-state index contributed by atoms with van der Waals surface area (Å²) in [6, 6.07) is 5.31. The third-order valence-corrected chi connectivity index (χ3v) is 4.06. The Morgan fingerprint density at radius 1 is 1.47 bits per heavy atom. The Bertz CT molecular complexity index is 380.